The van der Waals surface area contributed by atoms with Gasteiger partial charge in [0, 0.05) is 5.75 Å². The summed E-state index contributed by atoms with van der Waals surface area (Å²) in [6, 6.07) is 39.9. The van der Waals surface area contributed by atoms with E-state index in [4.69, 9.17) is 4.98 Å². The topological polar surface area (TPSA) is 43.6 Å². The first-order chi connectivity index (χ1) is 18.8. The van der Waals surface area contributed by atoms with Crippen LogP contribution in [0.1, 0.15) is 22.5 Å². The highest BCUT2D eigenvalue weighted by atomic mass is 32.2. The lowest BCUT2D eigenvalue weighted by Gasteiger charge is -2.07. The van der Waals surface area contributed by atoms with E-state index in [0.717, 1.165) is 33.3 Å². The molecule has 0 spiro atoms. The molecule has 4 aromatic carbocycles. The second-order valence-corrected chi connectivity index (χ2v) is 9.95. The van der Waals surface area contributed by atoms with E-state index >= 15 is 0 Å². The van der Waals surface area contributed by atoms with Crippen molar-refractivity contribution in [3.8, 4) is 11.1 Å². The molecule has 0 fully saturated rings. The van der Waals surface area contributed by atoms with Crippen molar-refractivity contribution in [3.05, 3.63) is 144 Å². The number of imidazole rings is 1. The molecule has 4 nitrogen and oxygen atoms in total. The molecule has 0 N–H and O–H groups in total. The normalized spacial score (nSPS) is 11.4. The van der Waals surface area contributed by atoms with Gasteiger partial charge in [-0.25, -0.2) is 15.0 Å². The number of nitrogens with zero attached hydrogens (tertiary/aromatic N) is 4. The zero-order valence-corrected chi connectivity index (χ0v) is 21.6. The van der Waals surface area contributed by atoms with Crippen LogP contribution >= 0.6 is 11.8 Å². The molecule has 0 saturated heterocycles. The largest absolute Gasteiger partial charge is 0.305 e. The maximum atomic E-state index is 5.03. The van der Waals surface area contributed by atoms with Crippen LogP contribution in [0, 0.1) is 0 Å². The predicted octanol–water partition coefficient (Wildman–Crippen LogP) is 8.00. The maximum absolute atomic E-state index is 5.03. The Labute approximate surface area is 226 Å². The zero-order chi connectivity index (χ0) is 25.6. The van der Waals surface area contributed by atoms with Crippen LogP contribution < -0.4 is 0 Å². The molecule has 0 saturated carbocycles. The van der Waals surface area contributed by atoms with Gasteiger partial charge in [-0.3, -0.25) is 0 Å². The van der Waals surface area contributed by atoms with Crippen molar-refractivity contribution in [2.75, 3.05) is 0 Å². The van der Waals surface area contributed by atoms with Crippen molar-refractivity contribution in [1.29, 1.82) is 0 Å². The van der Waals surface area contributed by atoms with Crippen molar-refractivity contribution in [2.45, 2.75) is 17.3 Å². The molecule has 0 aliphatic carbocycles. The molecule has 6 rings (SSSR count). The van der Waals surface area contributed by atoms with Crippen LogP contribution in [0.2, 0.25) is 0 Å². The number of benzene rings is 4. The third-order valence-corrected chi connectivity index (χ3v) is 7.42. The van der Waals surface area contributed by atoms with Gasteiger partial charge in [-0.2, -0.15) is 0 Å². The van der Waals surface area contributed by atoms with Gasteiger partial charge in [0.1, 0.15) is 22.7 Å². The Hall–Kier alpha value is -4.48. The number of hydrogen-bond donors (Lipinski definition) is 0. The number of thioether (sulfide) groups is 1. The van der Waals surface area contributed by atoms with E-state index in [0.29, 0.717) is 6.54 Å². The van der Waals surface area contributed by atoms with Gasteiger partial charge in [0.15, 0.2) is 5.65 Å². The van der Waals surface area contributed by atoms with Gasteiger partial charge in [-0.05, 0) is 33.9 Å². The van der Waals surface area contributed by atoms with Gasteiger partial charge in [0.2, 0.25) is 0 Å². The Morgan fingerprint density at radius 2 is 1.26 bits per heavy atom. The number of hydrogen-bond acceptors (Lipinski definition) is 4. The van der Waals surface area contributed by atoms with Crippen LogP contribution in [0.5, 0.6) is 0 Å². The van der Waals surface area contributed by atoms with Gasteiger partial charge >= 0.3 is 0 Å². The van der Waals surface area contributed by atoms with Crippen LogP contribution in [0.25, 0.3) is 34.4 Å². The monoisotopic (exact) mass is 510 g/mol. The van der Waals surface area contributed by atoms with Crippen molar-refractivity contribution in [2.24, 2.45) is 0 Å². The fourth-order valence-corrected chi connectivity index (χ4v) is 5.29. The van der Waals surface area contributed by atoms with E-state index in [-0.39, 0.29) is 0 Å². The first-order valence-electron chi connectivity index (χ1n) is 12.6. The van der Waals surface area contributed by atoms with Crippen molar-refractivity contribution >= 4 is 35.1 Å². The fraction of sp³-hybridized carbons (Fsp3) is 0.0606. The maximum Gasteiger partial charge on any atom is 0.165 e. The van der Waals surface area contributed by atoms with E-state index in [9.17, 15) is 0 Å². The summed E-state index contributed by atoms with van der Waals surface area (Å²) >= 11 is 1.69. The van der Waals surface area contributed by atoms with Gasteiger partial charge in [0.25, 0.3) is 0 Å². The summed E-state index contributed by atoms with van der Waals surface area (Å²) in [5.74, 6) is 1.69. The average molecular weight is 511 g/mol. The summed E-state index contributed by atoms with van der Waals surface area (Å²) in [6.45, 7) is 0.684. The molecule has 0 aliphatic heterocycles. The molecule has 0 atom stereocenters. The van der Waals surface area contributed by atoms with Gasteiger partial charge in [0.05, 0.1) is 6.54 Å². The Morgan fingerprint density at radius 3 is 1.97 bits per heavy atom. The summed E-state index contributed by atoms with van der Waals surface area (Å²) in [5, 5.41) is 0.896. The summed E-state index contributed by atoms with van der Waals surface area (Å²) in [7, 11) is 0. The minimum Gasteiger partial charge on any atom is -0.305 e. The van der Waals surface area contributed by atoms with Gasteiger partial charge in [-0.15, -0.1) is 0 Å². The lowest BCUT2D eigenvalue weighted by molar-refractivity contribution is 0.802. The van der Waals surface area contributed by atoms with Crippen LogP contribution in [0.4, 0.5) is 0 Å². The standard InChI is InChI=1S/C33H26N4S/c1-4-10-26(11-5-1)22-37-30(21-18-25-16-19-29(20-17-25)28-14-8-3-9-15-28)36-31-32(37)34-24-35-33(31)38-23-27-12-6-2-7-13-27/h1-21,24H,22-23H2/b21-18+. The molecule has 0 aliphatic rings. The third-order valence-electron chi connectivity index (χ3n) is 6.37. The highest BCUT2D eigenvalue weighted by Gasteiger charge is 2.15. The number of aromatic nitrogens is 4. The Balaban J connectivity index is 1.33. The van der Waals surface area contributed by atoms with Crippen LogP contribution in [-0.2, 0) is 12.3 Å². The molecule has 0 radical (unpaired) electrons. The number of fused-ring (bicyclic) bond motifs is 1. The first kappa shape index (κ1) is 23.9. The second-order valence-electron chi connectivity index (χ2n) is 8.99. The minimum absolute atomic E-state index is 0.684. The lowest BCUT2D eigenvalue weighted by atomic mass is 10.0. The number of rotatable bonds is 8. The molecule has 184 valence electrons. The highest BCUT2D eigenvalue weighted by Crippen LogP contribution is 2.29. The fourth-order valence-electron chi connectivity index (χ4n) is 4.40. The Bertz CT molecular complexity index is 1660. The van der Waals surface area contributed by atoms with E-state index in [1.54, 1.807) is 18.1 Å². The summed E-state index contributed by atoms with van der Waals surface area (Å²) in [5.41, 5.74) is 7.67. The summed E-state index contributed by atoms with van der Waals surface area (Å²) in [6.07, 6.45) is 5.84. The Kier molecular flexibility index (Phi) is 7.09. The quantitative estimate of drug-likeness (QED) is 0.154. The summed E-state index contributed by atoms with van der Waals surface area (Å²) < 4.78 is 2.17. The molecule has 0 unspecified atom stereocenters. The van der Waals surface area contributed by atoms with Crippen molar-refractivity contribution < 1.29 is 0 Å². The molecular weight excluding hydrogens is 484 g/mol. The molecule has 6 aromatic rings. The van der Waals surface area contributed by atoms with E-state index in [1.807, 2.05) is 18.2 Å². The van der Waals surface area contributed by atoms with Crippen LogP contribution in [0.3, 0.4) is 0 Å². The van der Waals surface area contributed by atoms with Gasteiger partial charge < -0.3 is 4.57 Å². The smallest absolute Gasteiger partial charge is 0.165 e. The van der Waals surface area contributed by atoms with Crippen LogP contribution in [-0.4, -0.2) is 19.5 Å². The molecule has 5 heteroatoms. The molecule has 0 amide bonds. The zero-order valence-electron chi connectivity index (χ0n) is 20.8. The second kappa shape index (κ2) is 11.3. The van der Waals surface area contributed by atoms with E-state index < -0.39 is 0 Å². The summed E-state index contributed by atoms with van der Waals surface area (Å²) in [4.78, 5) is 14.3. The first-order valence-corrected chi connectivity index (χ1v) is 13.6. The molecule has 38 heavy (non-hydrogen) atoms. The van der Waals surface area contributed by atoms with Crippen LogP contribution in [0.15, 0.2) is 127 Å². The molecule has 2 heterocycles. The minimum atomic E-state index is 0.684. The lowest BCUT2D eigenvalue weighted by Crippen LogP contribution is -2.03. The highest BCUT2D eigenvalue weighted by molar-refractivity contribution is 7.98. The van der Waals surface area contributed by atoms with Crippen molar-refractivity contribution in [1.82, 2.24) is 19.5 Å². The average Bonchev–Trinajstić information content (AvgIpc) is 3.34. The predicted molar refractivity (Wildman–Crippen MR) is 158 cm³/mol. The van der Waals surface area contributed by atoms with E-state index in [2.05, 4.69) is 124 Å². The van der Waals surface area contributed by atoms with Crippen molar-refractivity contribution in [3.63, 3.8) is 0 Å². The SMILES string of the molecule is C(=C\c1nc2c(SCc3ccccc3)ncnc2n1Cc1ccccc1)/c1ccc(-c2ccccc2)cc1. The molecule has 2 aromatic heterocycles. The van der Waals surface area contributed by atoms with Gasteiger partial charge in [-0.1, -0.05) is 133 Å². The Morgan fingerprint density at radius 1 is 0.632 bits per heavy atom. The third kappa shape index (κ3) is 5.43. The molecular formula is C33H26N4S. The molecule has 0 bridgehead atoms. The van der Waals surface area contributed by atoms with E-state index in [1.165, 1.54) is 22.3 Å².